The van der Waals surface area contributed by atoms with Gasteiger partial charge in [0, 0.05) is 30.7 Å². The number of benzene rings is 1. The lowest BCUT2D eigenvalue weighted by Crippen LogP contribution is -2.42. The van der Waals surface area contributed by atoms with Gasteiger partial charge in [-0.05, 0) is 62.3 Å². The number of anilines is 1. The Bertz CT molecular complexity index is 674. The van der Waals surface area contributed by atoms with Gasteiger partial charge in [-0.25, -0.2) is 0 Å². The van der Waals surface area contributed by atoms with E-state index in [-0.39, 0.29) is 0 Å². The van der Waals surface area contributed by atoms with E-state index >= 15 is 0 Å². The van der Waals surface area contributed by atoms with Crippen LogP contribution in [0.5, 0.6) is 0 Å². The Morgan fingerprint density at radius 3 is 2.86 bits per heavy atom. The van der Waals surface area contributed by atoms with E-state index in [1.54, 1.807) is 0 Å². The van der Waals surface area contributed by atoms with Crippen LogP contribution in [-0.2, 0) is 6.54 Å². The minimum absolute atomic E-state index is 0.305. The summed E-state index contributed by atoms with van der Waals surface area (Å²) < 4.78 is 2.31. The van der Waals surface area contributed by atoms with E-state index in [2.05, 4.69) is 72.1 Å². The normalized spacial score (nSPS) is 17.5. The Hall–Kier alpha value is -1.81. The fraction of sp³-hybridized carbons (Fsp3) is 0.353. The van der Waals surface area contributed by atoms with Crippen LogP contribution < -0.4 is 5.32 Å². The highest BCUT2D eigenvalue weighted by atomic mass is 32.1. The van der Waals surface area contributed by atoms with Crippen LogP contribution in [0, 0.1) is 13.8 Å². The molecule has 2 heterocycles. The van der Waals surface area contributed by atoms with Gasteiger partial charge in [-0.1, -0.05) is 12.1 Å². The summed E-state index contributed by atoms with van der Waals surface area (Å²) in [5.41, 5.74) is 4.89. The molecule has 0 spiro atoms. The number of nitrogens with one attached hydrogen (secondary N) is 1. The lowest BCUT2D eigenvalue weighted by molar-refractivity contribution is 0.276. The van der Waals surface area contributed by atoms with Crippen LogP contribution in [0.1, 0.15) is 29.8 Å². The predicted octanol–water partition coefficient (Wildman–Crippen LogP) is 3.88. The molecule has 0 saturated heterocycles. The molecule has 1 N–H and O–H groups in total. The average Bonchev–Trinajstić information content (AvgIpc) is 2.92. The van der Waals surface area contributed by atoms with Crippen molar-refractivity contribution in [2.45, 2.75) is 33.4 Å². The second-order valence-electron chi connectivity index (χ2n) is 5.74. The highest BCUT2D eigenvalue weighted by Gasteiger charge is 2.25. The zero-order valence-corrected chi connectivity index (χ0v) is 13.6. The molecule has 0 saturated carbocycles. The Morgan fingerprint density at radius 2 is 2.05 bits per heavy atom. The van der Waals surface area contributed by atoms with Gasteiger partial charge in [0.1, 0.15) is 0 Å². The maximum atomic E-state index is 5.64. The van der Waals surface area contributed by atoms with Crippen molar-refractivity contribution in [3.8, 4) is 0 Å². The van der Waals surface area contributed by atoms with E-state index < -0.39 is 0 Å². The van der Waals surface area contributed by atoms with Crippen LogP contribution in [0.15, 0.2) is 36.5 Å². The van der Waals surface area contributed by atoms with Crippen molar-refractivity contribution >= 4 is 23.0 Å². The van der Waals surface area contributed by atoms with Crippen molar-refractivity contribution in [2.24, 2.45) is 0 Å². The molecule has 110 valence electrons. The molecule has 0 radical (unpaired) electrons. The van der Waals surface area contributed by atoms with E-state index in [1.165, 1.54) is 16.8 Å². The molecule has 1 atom stereocenters. The van der Waals surface area contributed by atoms with Gasteiger partial charge in [-0.2, -0.15) is 0 Å². The number of hydrogen-bond acceptors (Lipinski definition) is 1. The second kappa shape index (κ2) is 5.53. The first-order valence-corrected chi connectivity index (χ1v) is 7.77. The van der Waals surface area contributed by atoms with Crippen LogP contribution in [-0.4, -0.2) is 21.1 Å². The first-order valence-electron chi connectivity index (χ1n) is 7.36. The number of aromatic nitrogens is 1. The smallest absolute Gasteiger partial charge is 0.174 e. The van der Waals surface area contributed by atoms with Crippen LogP contribution in [0.4, 0.5) is 5.69 Å². The van der Waals surface area contributed by atoms with Gasteiger partial charge in [0.25, 0.3) is 0 Å². The maximum absolute atomic E-state index is 5.64. The number of rotatable bonds is 1. The van der Waals surface area contributed by atoms with E-state index in [0.29, 0.717) is 6.04 Å². The van der Waals surface area contributed by atoms with Crippen molar-refractivity contribution in [3.05, 3.63) is 53.3 Å². The number of nitrogens with zero attached hydrogens (tertiary/aromatic N) is 2. The third-order valence-corrected chi connectivity index (χ3v) is 4.57. The van der Waals surface area contributed by atoms with Crippen molar-refractivity contribution < 1.29 is 0 Å². The first-order chi connectivity index (χ1) is 10.1. The quantitative estimate of drug-likeness (QED) is 0.807. The number of fused-ring (bicyclic) bond motifs is 1. The summed E-state index contributed by atoms with van der Waals surface area (Å²) in [4.78, 5) is 2.27. The van der Waals surface area contributed by atoms with Crippen molar-refractivity contribution in [1.29, 1.82) is 0 Å². The molecule has 0 amide bonds. The van der Waals surface area contributed by atoms with Gasteiger partial charge >= 0.3 is 0 Å². The van der Waals surface area contributed by atoms with Crippen LogP contribution in [0.25, 0.3) is 0 Å². The molecule has 0 unspecified atom stereocenters. The topological polar surface area (TPSA) is 20.2 Å². The number of thiocarbonyl (C=S) groups is 1. The molecule has 3 nitrogen and oxygen atoms in total. The van der Waals surface area contributed by atoms with Gasteiger partial charge in [-0.15, -0.1) is 0 Å². The highest BCUT2D eigenvalue weighted by molar-refractivity contribution is 7.80. The van der Waals surface area contributed by atoms with Gasteiger partial charge < -0.3 is 14.8 Å². The lowest BCUT2D eigenvalue weighted by Gasteiger charge is -2.37. The van der Waals surface area contributed by atoms with Gasteiger partial charge in [0.15, 0.2) is 5.11 Å². The maximum Gasteiger partial charge on any atom is 0.174 e. The Morgan fingerprint density at radius 1 is 1.24 bits per heavy atom. The SMILES string of the molecule is Cc1ccc(C)c(NC(=S)N2CCn3cccc3[C@H]2C)c1. The molecule has 1 aromatic heterocycles. The minimum Gasteiger partial charge on any atom is -0.348 e. The van der Waals surface area contributed by atoms with E-state index in [4.69, 9.17) is 12.2 Å². The van der Waals surface area contributed by atoms with E-state index in [0.717, 1.165) is 23.9 Å². The number of aryl methyl sites for hydroxylation is 2. The molecule has 4 heteroatoms. The fourth-order valence-electron chi connectivity index (χ4n) is 2.91. The lowest BCUT2D eigenvalue weighted by atomic mass is 10.1. The summed E-state index contributed by atoms with van der Waals surface area (Å²) in [6.45, 7) is 8.35. The molecule has 0 bridgehead atoms. The van der Waals surface area contributed by atoms with Crippen molar-refractivity contribution in [2.75, 3.05) is 11.9 Å². The molecule has 0 aliphatic carbocycles. The summed E-state index contributed by atoms with van der Waals surface area (Å²) in [6.07, 6.45) is 2.14. The van der Waals surface area contributed by atoms with Crippen LogP contribution >= 0.6 is 12.2 Å². The summed E-state index contributed by atoms with van der Waals surface area (Å²) in [5, 5.41) is 4.23. The number of hydrogen-bond donors (Lipinski definition) is 1. The van der Waals surface area contributed by atoms with Gasteiger partial charge in [0.05, 0.1) is 6.04 Å². The standard InChI is InChI=1S/C17H21N3S/c1-12-6-7-13(2)15(11-12)18-17(21)20-10-9-19-8-4-5-16(19)14(20)3/h4-8,11,14H,9-10H2,1-3H3,(H,18,21)/t14-/m1/s1. The molecule has 3 rings (SSSR count). The average molecular weight is 299 g/mol. The molecule has 1 aliphatic heterocycles. The third-order valence-electron chi connectivity index (χ3n) is 4.24. The van der Waals surface area contributed by atoms with Gasteiger partial charge in [0.2, 0.25) is 0 Å². The predicted molar refractivity (Wildman–Crippen MR) is 91.7 cm³/mol. The molecule has 1 aromatic carbocycles. The fourth-order valence-corrected chi connectivity index (χ4v) is 3.27. The molecular weight excluding hydrogens is 278 g/mol. The van der Waals surface area contributed by atoms with E-state index in [9.17, 15) is 0 Å². The van der Waals surface area contributed by atoms with Crippen molar-refractivity contribution in [3.63, 3.8) is 0 Å². The minimum atomic E-state index is 0.305. The Kier molecular flexibility index (Phi) is 3.72. The monoisotopic (exact) mass is 299 g/mol. The molecule has 21 heavy (non-hydrogen) atoms. The summed E-state index contributed by atoms with van der Waals surface area (Å²) >= 11 is 5.64. The molecule has 1 aliphatic rings. The highest BCUT2D eigenvalue weighted by Crippen LogP contribution is 2.26. The van der Waals surface area contributed by atoms with Crippen LogP contribution in [0.2, 0.25) is 0 Å². The Balaban J connectivity index is 1.79. The van der Waals surface area contributed by atoms with Gasteiger partial charge in [-0.3, -0.25) is 0 Å². The summed E-state index contributed by atoms with van der Waals surface area (Å²) in [5.74, 6) is 0. The van der Waals surface area contributed by atoms with Crippen molar-refractivity contribution in [1.82, 2.24) is 9.47 Å². The molecular formula is C17H21N3S. The second-order valence-corrected chi connectivity index (χ2v) is 6.13. The zero-order chi connectivity index (χ0) is 15.0. The largest absolute Gasteiger partial charge is 0.348 e. The zero-order valence-electron chi connectivity index (χ0n) is 12.8. The van der Waals surface area contributed by atoms with E-state index in [1.807, 2.05) is 0 Å². The summed E-state index contributed by atoms with van der Waals surface area (Å²) in [7, 11) is 0. The molecule has 0 fully saturated rings. The first kappa shape index (κ1) is 14.1. The summed E-state index contributed by atoms with van der Waals surface area (Å²) in [6, 6.07) is 11.0. The van der Waals surface area contributed by atoms with Crippen LogP contribution in [0.3, 0.4) is 0 Å². The Labute approximate surface area is 131 Å². The molecule has 2 aromatic rings. The third kappa shape index (κ3) is 2.68.